The molecule has 192 valence electrons. The van der Waals surface area contributed by atoms with Gasteiger partial charge in [0, 0.05) is 28.1 Å². The maximum Gasteiger partial charge on any atom is 0.343 e. The second kappa shape index (κ2) is 8.09. The maximum atomic E-state index is 15.0. The summed E-state index contributed by atoms with van der Waals surface area (Å²) in [6, 6.07) is 2.33. The first-order valence-electron chi connectivity index (χ1n) is 12.0. The van der Waals surface area contributed by atoms with Crippen LogP contribution in [0.1, 0.15) is 53.6 Å². The molecule has 6 rings (SSSR count). The van der Waals surface area contributed by atoms with E-state index in [9.17, 15) is 24.6 Å². The molecule has 2 aliphatic heterocycles. The summed E-state index contributed by atoms with van der Waals surface area (Å²) in [7, 11) is 1.39. The molecule has 4 heterocycles. The van der Waals surface area contributed by atoms with Gasteiger partial charge in [-0.2, -0.15) is 0 Å². The quantitative estimate of drug-likeness (QED) is 0.350. The molecule has 0 fully saturated rings. The Kier molecular flexibility index (Phi) is 5.15. The number of esters is 1. The lowest BCUT2D eigenvalue weighted by molar-refractivity contribution is -0.172. The van der Waals surface area contributed by atoms with E-state index < -0.39 is 41.5 Å². The largest absolute Gasteiger partial charge is 0.493 e. The average Bonchev–Trinajstić information content (AvgIpc) is 3.26. The molecule has 1 aliphatic carbocycles. The summed E-state index contributed by atoms with van der Waals surface area (Å²) in [5.74, 6) is -1.86. The van der Waals surface area contributed by atoms with Crippen molar-refractivity contribution in [2.24, 2.45) is 0 Å². The van der Waals surface area contributed by atoms with Crippen molar-refractivity contribution in [3.05, 3.63) is 56.1 Å². The average molecular weight is 509 g/mol. The molecule has 0 spiro atoms. The Bertz CT molecular complexity index is 1600. The number of carbonyl (C=O) groups excluding carboxylic acids is 2. The molecule has 37 heavy (non-hydrogen) atoms. The third kappa shape index (κ3) is 3.10. The zero-order chi connectivity index (χ0) is 26.2. The van der Waals surface area contributed by atoms with Crippen LogP contribution in [0.2, 0.25) is 0 Å². The van der Waals surface area contributed by atoms with Gasteiger partial charge in [0.05, 0.1) is 42.2 Å². The van der Waals surface area contributed by atoms with Crippen molar-refractivity contribution in [2.75, 3.05) is 13.7 Å². The minimum absolute atomic E-state index is 0.00855. The van der Waals surface area contributed by atoms with Crippen LogP contribution in [-0.2, 0) is 39.5 Å². The molecule has 0 saturated heterocycles. The van der Waals surface area contributed by atoms with E-state index in [0.717, 1.165) is 0 Å². The van der Waals surface area contributed by atoms with Gasteiger partial charge in [0.15, 0.2) is 17.2 Å². The number of aromatic nitrogens is 2. The molecule has 0 unspecified atom stereocenters. The Morgan fingerprint density at radius 3 is 2.81 bits per heavy atom. The molecule has 11 heteroatoms. The number of benzene rings is 1. The molecular weight excluding hydrogens is 485 g/mol. The SMILES string of the molecule is CC[C@@]1(O)C(=O)OCc2c1cc1n(c2=O)Cc2c-1nc1cc(F)c(OC)c3c1c2[C@@H](NC(=O)CO)CC3. The van der Waals surface area contributed by atoms with Gasteiger partial charge in [0.25, 0.3) is 5.56 Å². The predicted octanol–water partition coefficient (Wildman–Crippen LogP) is 1.32. The van der Waals surface area contributed by atoms with Crippen LogP contribution < -0.4 is 15.6 Å². The van der Waals surface area contributed by atoms with Crippen molar-refractivity contribution in [1.29, 1.82) is 0 Å². The highest BCUT2D eigenvalue weighted by molar-refractivity contribution is 5.94. The number of halogens is 1. The number of hydrogen-bond acceptors (Lipinski definition) is 8. The number of aliphatic hydroxyl groups is 2. The third-order valence-corrected chi connectivity index (χ3v) is 7.74. The number of amides is 1. The summed E-state index contributed by atoms with van der Waals surface area (Å²) in [6.07, 6.45) is 0.837. The highest BCUT2D eigenvalue weighted by Gasteiger charge is 2.46. The molecule has 1 aromatic carbocycles. The summed E-state index contributed by atoms with van der Waals surface area (Å²) in [4.78, 5) is 42.9. The minimum atomic E-state index is -1.97. The normalized spacial score (nSPS) is 21.2. The fraction of sp³-hybridized carbons (Fsp3) is 0.385. The molecular formula is C26H24FN3O7. The Balaban J connectivity index is 1.67. The number of nitrogens with one attached hydrogen (secondary N) is 1. The topological polar surface area (TPSA) is 140 Å². The van der Waals surface area contributed by atoms with Crippen LogP contribution in [-0.4, -0.2) is 45.4 Å². The monoisotopic (exact) mass is 509 g/mol. The molecule has 3 aliphatic rings. The summed E-state index contributed by atoms with van der Waals surface area (Å²) >= 11 is 0. The van der Waals surface area contributed by atoms with E-state index in [-0.39, 0.29) is 36.4 Å². The van der Waals surface area contributed by atoms with Crippen LogP contribution in [0.25, 0.3) is 22.3 Å². The lowest BCUT2D eigenvalue weighted by Gasteiger charge is -2.31. The van der Waals surface area contributed by atoms with Gasteiger partial charge in [-0.3, -0.25) is 9.59 Å². The van der Waals surface area contributed by atoms with Gasteiger partial charge >= 0.3 is 5.97 Å². The van der Waals surface area contributed by atoms with Crippen LogP contribution in [0.4, 0.5) is 4.39 Å². The summed E-state index contributed by atoms with van der Waals surface area (Å²) in [5.41, 5.74) is 1.06. The van der Waals surface area contributed by atoms with Crippen molar-refractivity contribution in [2.45, 2.75) is 51.0 Å². The molecule has 0 radical (unpaired) electrons. The lowest BCUT2D eigenvalue weighted by Crippen LogP contribution is -2.44. The van der Waals surface area contributed by atoms with Gasteiger partial charge in [-0.05, 0) is 30.9 Å². The lowest BCUT2D eigenvalue weighted by atomic mass is 9.82. The van der Waals surface area contributed by atoms with Crippen molar-refractivity contribution in [3.63, 3.8) is 0 Å². The van der Waals surface area contributed by atoms with Gasteiger partial charge in [-0.15, -0.1) is 0 Å². The second-order valence-corrected chi connectivity index (χ2v) is 9.54. The number of methoxy groups -OCH3 is 1. The van der Waals surface area contributed by atoms with Crippen molar-refractivity contribution in [1.82, 2.24) is 14.9 Å². The third-order valence-electron chi connectivity index (χ3n) is 7.74. The standard InChI is InChI=1S/C26H24FN3O7/c1-3-26(35)14-6-18-22-12(8-30(18)24(33)13(14)10-37-25(26)34)21-16(28-19(32)9-31)5-4-11-20(21)17(29-22)7-15(27)23(11)36-2/h6-7,16,31,35H,3-5,8-10H2,1-2H3,(H,28,32)/t16-,26-/m0/s1. The van der Waals surface area contributed by atoms with E-state index >= 15 is 4.39 Å². The van der Waals surface area contributed by atoms with Crippen LogP contribution in [0, 0.1) is 5.82 Å². The summed E-state index contributed by atoms with van der Waals surface area (Å²) in [6.45, 7) is 0.799. The Morgan fingerprint density at radius 1 is 1.32 bits per heavy atom. The maximum absolute atomic E-state index is 15.0. The van der Waals surface area contributed by atoms with Gasteiger partial charge in [0.2, 0.25) is 5.91 Å². The molecule has 1 amide bonds. The van der Waals surface area contributed by atoms with Crippen LogP contribution in [0.5, 0.6) is 5.75 Å². The number of pyridine rings is 2. The fourth-order valence-electron chi connectivity index (χ4n) is 5.97. The zero-order valence-electron chi connectivity index (χ0n) is 20.2. The minimum Gasteiger partial charge on any atom is -0.493 e. The summed E-state index contributed by atoms with van der Waals surface area (Å²) in [5, 5.41) is 23.9. The smallest absolute Gasteiger partial charge is 0.343 e. The number of cyclic esters (lactones) is 1. The van der Waals surface area contributed by atoms with E-state index in [1.54, 1.807) is 13.0 Å². The van der Waals surface area contributed by atoms with E-state index in [0.29, 0.717) is 51.8 Å². The Hall–Kier alpha value is -3.83. The van der Waals surface area contributed by atoms with E-state index in [1.165, 1.54) is 17.7 Å². The Labute approximate surface area is 209 Å². The van der Waals surface area contributed by atoms with Crippen molar-refractivity contribution >= 4 is 22.8 Å². The first-order chi connectivity index (χ1) is 17.7. The first-order valence-corrected chi connectivity index (χ1v) is 12.0. The van der Waals surface area contributed by atoms with Gasteiger partial charge < -0.3 is 29.6 Å². The first kappa shape index (κ1) is 23.6. The zero-order valence-corrected chi connectivity index (χ0v) is 20.2. The number of rotatable bonds is 4. The number of aliphatic hydroxyl groups excluding tert-OH is 1. The fourth-order valence-corrected chi connectivity index (χ4v) is 5.97. The molecule has 3 aromatic rings. The molecule has 10 nitrogen and oxygen atoms in total. The highest BCUT2D eigenvalue weighted by atomic mass is 19.1. The molecule has 2 atom stereocenters. The predicted molar refractivity (Wildman–Crippen MR) is 127 cm³/mol. The molecule has 3 N–H and O–H groups in total. The molecule has 0 saturated carbocycles. The number of carbonyl (C=O) groups is 2. The van der Waals surface area contributed by atoms with Crippen LogP contribution in [0.3, 0.4) is 0 Å². The highest BCUT2D eigenvalue weighted by Crippen LogP contribution is 2.47. The second-order valence-electron chi connectivity index (χ2n) is 9.54. The van der Waals surface area contributed by atoms with Crippen molar-refractivity contribution in [3.8, 4) is 17.1 Å². The van der Waals surface area contributed by atoms with E-state index in [1.807, 2.05) is 0 Å². The number of nitrogens with zero attached hydrogens (tertiary/aromatic N) is 2. The molecule has 0 bridgehead atoms. The van der Waals surface area contributed by atoms with E-state index in [2.05, 4.69) is 5.32 Å². The van der Waals surface area contributed by atoms with E-state index in [4.69, 9.17) is 14.5 Å². The van der Waals surface area contributed by atoms with Gasteiger partial charge in [0.1, 0.15) is 13.2 Å². The van der Waals surface area contributed by atoms with Gasteiger partial charge in [-0.25, -0.2) is 14.2 Å². The van der Waals surface area contributed by atoms with Crippen LogP contribution >= 0.6 is 0 Å². The van der Waals surface area contributed by atoms with Crippen LogP contribution in [0.15, 0.2) is 16.9 Å². The number of ether oxygens (including phenoxy) is 2. The number of aryl methyl sites for hydroxylation is 1. The van der Waals surface area contributed by atoms with Crippen molar-refractivity contribution < 1.29 is 33.7 Å². The summed E-state index contributed by atoms with van der Waals surface area (Å²) < 4.78 is 27.0. The Morgan fingerprint density at radius 2 is 2.11 bits per heavy atom. The number of hydrogen-bond donors (Lipinski definition) is 3. The number of fused-ring (bicyclic) bond motifs is 5. The van der Waals surface area contributed by atoms with Gasteiger partial charge in [-0.1, -0.05) is 6.92 Å². The molecule has 2 aromatic heterocycles.